The molecule has 2 N–H and O–H groups in total. The molecule has 0 atom stereocenters. The second-order valence-corrected chi connectivity index (χ2v) is 5.03. The van der Waals surface area contributed by atoms with Gasteiger partial charge in [-0.05, 0) is 17.2 Å². The van der Waals surface area contributed by atoms with Crippen molar-refractivity contribution in [1.29, 1.82) is 0 Å². The van der Waals surface area contributed by atoms with Crippen molar-refractivity contribution in [1.82, 2.24) is 4.90 Å². The molecule has 4 heteroatoms. The zero-order chi connectivity index (χ0) is 15.1. The Hall–Kier alpha value is -1.78. The first-order chi connectivity index (χ1) is 10.2. The fourth-order valence-electron chi connectivity index (χ4n) is 2.32. The quantitative estimate of drug-likeness (QED) is 0.844. The number of hydrogen-bond acceptors (Lipinski definition) is 2. The van der Waals surface area contributed by atoms with Gasteiger partial charge in [0, 0.05) is 31.7 Å². The molecule has 0 aliphatic carbocycles. The number of nitrogens with zero attached hydrogens (tertiary/aromatic N) is 1. The molecular formula is C17H20F2N2. The molecule has 2 aromatic rings. The molecule has 0 saturated carbocycles. The first-order valence-electron chi connectivity index (χ1n) is 7.02. The van der Waals surface area contributed by atoms with Crippen molar-refractivity contribution in [2.75, 3.05) is 13.1 Å². The highest BCUT2D eigenvalue weighted by atomic mass is 19.3. The van der Waals surface area contributed by atoms with Crippen molar-refractivity contribution in [3.05, 3.63) is 71.3 Å². The first-order valence-corrected chi connectivity index (χ1v) is 7.02. The van der Waals surface area contributed by atoms with Crippen LogP contribution in [0.3, 0.4) is 0 Å². The molecule has 0 radical (unpaired) electrons. The van der Waals surface area contributed by atoms with Crippen LogP contribution in [0.15, 0.2) is 54.6 Å². The number of alkyl halides is 2. The Kier molecular flexibility index (Phi) is 5.84. The van der Waals surface area contributed by atoms with Crippen molar-refractivity contribution < 1.29 is 8.78 Å². The molecule has 2 aromatic carbocycles. The van der Waals surface area contributed by atoms with E-state index in [4.69, 9.17) is 5.73 Å². The van der Waals surface area contributed by atoms with Crippen LogP contribution in [0.5, 0.6) is 0 Å². The van der Waals surface area contributed by atoms with Crippen molar-refractivity contribution >= 4 is 0 Å². The Balaban J connectivity index is 2.07. The lowest BCUT2D eigenvalue weighted by molar-refractivity contribution is 0.151. The van der Waals surface area contributed by atoms with Gasteiger partial charge in [0.15, 0.2) is 0 Å². The van der Waals surface area contributed by atoms with Crippen LogP contribution in [-0.4, -0.2) is 18.0 Å². The van der Waals surface area contributed by atoms with Crippen molar-refractivity contribution in [3.8, 4) is 0 Å². The monoisotopic (exact) mass is 290 g/mol. The lowest BCUT2D eigenvalue weighted by Crippen LogP contribution is -2.28. The smallest absolute Gasteiger partial charge is 0.263 e. The molecule has 21 heavy (non-hydrogen) atoms. The predicted octanol–water partition coefficient (Wildman–Crippen LogP) is 3.59. The third-order valence-electron chi connectivity index (χ3n) is 3.30. The third kappa shape index (κ3) is 4.92. The van der Waals surface area contributed by atoms with E-state index in [0.717, 1.165) is 18.7 Å². The molecule has 2 rings (SSSR count). The summed E-state index contributed by atoms with van der Waals surface area (Å²) in [4.78, 5) is 2.17. The molecule has 0 bridgehead atoms. The van der Waals surface area contributed by atoms with Gasteiger partial charge < -0.3 is 5.73 Å². The average Bonchev–Trinajstić information content (AvgIpc) is 2.49. The Morgan fingerprint density at radius 2 is 1.57 bits per heavy atom. The summed E-state index contributed by atoms with van der Waals surface area (Å²) >= 11 is 0. The van der Waals surface area contributed by atoms with Crippen LogP contribution < -0.4 is 5.73 Å². The number of hydrogen-bond donors (Lipinski definition) is 1. The lowest BCUT2D eigenvalue weighted by atomic mass is 10.1. The van der Waals surface area contributed by atoms with Gasteiger partial charge >= 0.3 is 0 Å². The van der Waals surface area contributed by atoms with Gasteiger partial charge in [0.25, 0.3) is 6.43 Å². The summed E-state index contributed by atoms with van der Waals surface area (Å²) in [7, 11) is 0. The van der Waals surface area contributed by atoms with Crippen LogP contribution in [0.4, 0.5) is 8.78 Å². The maximum absolute atomic E-state index is 12.7. The van der Waals surface area contributed by atoms with Gasteiger partial charge in [0.2, 0.25) is 0 Å². The number of rotatable bonds is 7. The fraction of sp³-hybridized carbons (Fsp3) is 0.294. The average molecular weight is 290 g/mol. The third-order valence-corrected chi connectivity index (χ3v) is 3.30. The normalized spacial score (nSPS) is 11.3. The van der Waals surface area contributed by atoms with Gasteiger partial charge in [0.05, 0.1) is 0 Å². The second kappa shape index (κ2) is 7.86. The molecule has 2 nitrogen and oxygen atoms in total. The molecular weight excluding hydrogens is 270 g/mol. The van der Waals surface area contributed by atoms with Gasteiger partial charge in [-0.15, -0.1) is 0 Å². The summed E-state index contributed by atoms with van der Waals surface area (Å²) in [5.74, 6) is 0. The van der Waals surface area contributed by atoms with Crippen LogP contribution in [0.2, 0.25) is 0 Å². The summed E-state index contributed by atoms with van der Waals surface area (Å²) in [5, 5.41) is 0. The SMILES string of the molecule is NCCN(Cc1ccccc1)Cc1cccc(C(F)F)c1. The highest BCUT2D eigenvalue weighted by Gasteiger charge is 2.10. The van der Waals surface area contributed by atoms with Crippen LogP contribution in [0.1, 0.15) is 23.1 Å². The van der Waals surface area contributed by atoms with Crippen LogP contribution in [0.25, 0.3) is 0 Å². The van der Waals surface area contributed by atoms with E-state index in [0.29, 0.717) is 13.1 Å². The van der Waals surface area contributed by atoms with Crippen LogP contribution in [-0.2, 0) is 13.1 Å². The molecule has 112 valence electrons. The minimum atomic E-state index is -2.43. The van der Waals surface area contributed by atoms with E-state index in [1.807, 2.05) is 24.3 Å². The number of benzene rings is 2. The van der Waals surface area contributed by atoms with Crippen molar-refractivity contribution in [2.24, 2.45) is 5.73 Å². The van der Waals surface area contributed by atoms with Crippen LogP contribution >= 0.6 is 0 Å². The van der Waals surface area contributed by atoms with E-state index in [-0.39, 0.29) is 5.56 Å². The molecule has 0 heterocycles. The van der Waals surface area contributed by atoms with Gasteiger partial charge in [-0.1, -0.05) is 48.5 Å². The zero-order valence-electron chi connectivity index (χ0n) is 11.9. The summed E-state index contributed by atoms with van der Waals surface area (Å²) in [5.41, 5.74) is 7.80. The van der Waals surface area contributed by atoms with E-state index in [1.165, 1.54) is 11.6 Å². The largest absolute Gasteiger partial charge is 0.329 e. The fourth-order valence-corrected chi connectivity index (χ4v) is 2.32. The van der Waals surface area contributed by atoms with Crippen molar-refractivity contribution in [3.63, 3.8) is 0 Å². The number of halogens is 2. The summed E-state index contributed by atoms with van der Waals surface area (Å²) in [6, 6.07) is 16.7. The maximum atomic E-state index is 12.7. The van der Waals surface area contributed by atoms with Gasteiger partial charge in [-0.25, -0.2) is 8.78 Å². The molecule has 0 unspecified atom stereocenters. The summed E-state index contributed by atoms with van der Waals surface area (Å²) < 4.78 is 25.5. The first kappa shape index (κ1) is 15.6. The van der Waals surface area contributed by atoms with Gasteiger partial charge in [0.1, 0.15) is 0 Å². The zero-order valence-corrected chi connectivity index (χ0v) is 11.9. The Labute approximate surface area is 124 Å². The summed E-state index contributed by atoms with van der Waals surface area (Å²) in [6.45, 7) is 2.65. The highest BCUT2D eigenvalue weighted by molar-refractivity contribution is 5.24. The molecule has 0 aliphatic rings. The van der Waals surface area contributed by atoms with E-state index < -0.39 is 6.43 Å². The number of nitrogens with two attached hydrogens (primary N) is 1. The van der Waals surface area contributed by atoms with Gasteiger partial charge in [-0.3, -0.25) is 4.90 Å². The molecule has 0 fully saturated rings. The Bertz CT molecular complexity index is 543. The molecule has 0 aliphatic heterocycles. The van der Waals surface area contributed by atoms with Crippen LogP contribution in [0, 0.1) is 0 Å². The predicted molar refractivity (Wildman–Crippen MR) is 81.0 cm³/mol. The van der Waals surface area contributed by atoms with E-state index in [1.54, 1.807) is 12.1 Å². The van der Waals surface area contributed by atoms with Crippen molar-refractivity contribution in [2.45, 2.75) is 19.5 Å². The minimum absolute atomic E-state index is 0.0694. The maximum Gasteiger partial charge on any atom is 0.263 e. The topological polar surface area (TPSA) is 29.3 Å². The van der Waals surface area contributed by atoms with Gasteiger partial charge in [-0.2, -0.15) is 0 Å². The van der Waals surface area contributed by atoms with E-state index >= 15 is 0 Å². The lowest BCUT2D eigenvalue weighted by Gasteiger charge is -2.22. The molecule has 0 amide bonds. The highest BCUT2D eigenvalue weighted by Crippen LogP contribution is 2.20. The standard InChI is InChI=1S/C17H20F2N2/c18-17(19)16-8-4-7-15(11-16)13-21(10-9-20)12-14-5-2-1-3-6-14/h1-8,11,17H,9-10,12-13,20H2. The summed E-state index contributed by atoms with van der Waals surface area (Å²) in [6.07, 6.45) is -2.43. The Morgan fingerprint density at radius 3 is 2.24 bits per heavy atom. The Morgan fingerprint density at radius 1 is 0.905 bits per heavy atom. The molecule has 0 spiro atoms. The molecule has 0 saturated heterocycles. The second-order valence-electron chi connectivity index (χ2n) is 5.03. The minimum Gasteiger partial charge on any atom is -0.329 e. The molecule has 0 aromatic heterocycles. The van der Waals surface area contributed by atoms with E-state index in [9.17, 15) is 8.78 Å². The van der Waals surface area contributed by atoms with E-state index in [2.05, 4.69) is 17.0 Å².